The first kappa shape index (κ1) is 18.1. The summed E-state index contributed by atoms with van der Waals surface area (Å²) in [5, 5.41) is 4.05. The Morgan fingerprint density at radius 3 is 2.93 bits per heavy atom. The number of hydrogen-bond donors (Lipinski definition) is 0. The Morgan fingerprint density at radius 2 is 2.19 bits per heavy atom. The molecule has 144 valence electrons. The Bertz CT molecular complexity index is 816. The number of hydrogen-bond acceptors (Lipinski definition) is 4. The van der Waals surface area contributed by atoms with Crippen LogP contribution >= 0.6 is 0 Å². The van der Waals surface area contributed by atoms with Crippen LogP contribution in [0.4, 0.5) is 4.39 Å². The van der Waals surface area contributed by atoms with Crippen LogP contribution in [0.1, 0.15) is 28.9 Å². The maximum atomic E-state index is 13.6. The van der Waals surface area contributed by atoms with Crippen molar-refractivity contribution >= 4 is 5.91 Å². The van der Waals surface area contributed by atoms with E-state index in [0.29, 0.717) is 50.1 Å². The molecule has 1 aromatic carbocycles. The lowest BCUT2D eigenvalue weighted by Gasteiger charge is -2.47. The highest BCUT2D eigenvalue weighted by Gasteiger charge is 2.51. The second kappa shape index (κ2) is 7.40. The number of amides is 1. The number of aryl methyl sites for hydroxylation is 1. The van der Waals surface area contributed by atoms with Crippen LogP contribution in [-0.2, 0) is 23.1 Å². The zero-order valence-corrected chi connectivity index (χ0v) is 15.4. The van der Waals surface area contributed by atoms with E-state index in [-0.39, 0.29) is 17.3 Å². The van der Waals surface area contributed by atoms with Gasteiger partial charge in [-0.25, -0.2) is 4.39 Å². The van der Waals surface area contributed by atoms with Gasteiger partial charge in [-0.3, -0.25) is 9.48 Å². The molecule has 2 aliphatic heterocycles. The first-order valence-corrected chi connectivity index (χ1v) is 9.29. The number of halogens is 1. The predicted octanol–water partition coefficient (Wildman–Crippen LogP) is 2.40. The van der Waals surface area contributed by atoms with Gasteiger partial charge in [-0.2, -0.15) is 5.10 Å². The van der Waals surface area contributed by atoms with Crippen molar-refractivity contribution in [1.29, 1.82) is 0 Å². The van der Waals surface area contributed by atoms with E-state index in [0.717, 1.165) is 12.8 Å². The van der Waals surface area contributed by atoms with Crippen LogP contribution in [0.3, 0.4) is 0 Å². The Hall–Kier alpha value is -2.25. The Morgan fingerprint density at radius 1 is 1.37 bits per heavy atom. The van der Waals surface area contributed by atoms with Crippen molar-refractivity contribution in [2.75, 3.05) is 26.3 Å². The van der Waals surface area contributed by atoms with E-state index in [9.17, 15) is 9.18 Å². The molecule has 0 saturated carbocycles. The third-order valence-electron chi connectivity index (χ3n) is 5.46. The van der Waals surface area contributed by atoms with Gasteiger partial charge in [0.25, 0.3) is 5.91 Å². The van der Waals surface area contributed by atoms with Gasteiger partial charge >= 0.3 is 0 Å². The summed E-state index contributed by atoms with van der Waals surface area (Å²) < 4.78 is 26.8. The van der Waals surface area contributed by atoms with Crippen LogP contribution in [0.5, 0.6) is 0 Å². The summed E-state index contributed by atoms with van der Waals surface area (Å²) in [6.07, 6.45) is 3.45. The summed E-state index contributed by atoms with van der Waals surface area (Å²) in [7, 11) is 1.77. The molecule has 4 rings (SSSR count). The fourth-order valence-corrected chi connectivity index (χ4v) is 3.93. The summed E-state index contributed by atoms with van der Waals surface area (Å²) in [5.74, 6) is 0.189. The summed E-state index contributed by atoms with van der Waals surface area (Å²) >= 11 is 0. The van der Waals surface area contributed by atoms with Gasteiger partial charge in [-0.15, -0.1) is 0 Å². The molecule has 1 aromatic heterocycles. The second-order valence-corrected chi connectivity index (χ2v) is 7.50. The molecule has 2 fully saturated rings. The number of benzene rings is 1. The van der Waals surface area contributed by atoms with Crippen LogP contribution in [0.25, 0.3) is 0 Å². The van der Waals surface area contributed by atoms with Crippen molar-refractivity contribution in [1.82, 2.24) is 14.7 Å². The molecule has 0 bridgehead atoms. The second-order valence-electron chi connectivity index (χ2n) is 7.50. The number of nitrogens with zero attached hydrogens (tertiary/aromatic N) is 3. The Balaban J connectivity index is 1.19. The van der Waals surface area contributed by atoms with Crippen molar-refractivity contribution < 1.29 is 18.7 Å². The van der Waals surface area contributed by atoms with Gasteiger partial charge in [-0.1, -0.05) is 18.2 Å². The monoisotopic (exact) mass is 373 g/mol. The molecule has 2 saturated heterocycles. The highest BCUT2D eigenvalue weighted by atomic mass is 19.1. The van der Waals surface area contributed by atoms with Gasteiger partial charge in [0, 0.05) is 25.4 Å². The highest BCUT2D eigenvalue weighted by molar-refractivity contribution is 5.93. The minimum absolute atomic E-state index is 0.000830. The van der Waals surface area contributed by atoms with Crippen LogP contribution in [0, 0.1) is 11.7 Å². The van der Waals surface area contributed by atoms with Crippen LogP contribution in [0.2, 0.25) is 0 Å². The van der Waals surface area contributed by atoms with E-state index < -0.39 is 0 Å². The van der Waals surface area contributed by atoms with E-state index in [1.54, 1.807) is 36.1 Å². The summed E-state index contributed by atoms with van der Waals surface area (Å²) in [4.78, 5) is 14.3. The molecule has 0 N–H and O–H groups in total. The third kappa shape index (κ3) is 3.75. The van der Waals surface area contributed by atoms with Crippen molar-refractivity contribution in [2.24, 2.45) is 13.0 Å². The lowest BCUT2D eigenvalue weighted by molar-refractivity contribution is -0.0953. The van der Waals surface area contributed by atoms with Gasteiger partial charge in [0.15, 0.2) is 0 Å². The van der Waals surface area contributed by atoms with Crippen molar-refractivity contribution in [2.45, 2.75) is 25.0 Å². The van der Waals surface area contributed by atoms with Crippen LogP contribution in [0.15, 0.2) is 36.5 Å². The standard InChI is InChI=1S/C20H24FN3O3/c1-23-18(6-8-22-23)19(25)24-13-20(14-24)10-15(11-27-20)7-9-26-12-16-4-2-3-5-17(16)21/h2-6,8,15H,7,9-14H2,1H3. The minimum Gasteiger partial charge on any atom is -0.377 e. The normalized spacial score (nSPS) is 20.8. The number of carbonyl (C=O) groups excluding carboxylic acids is 1. The highest BCUT2D eigenvalue weighted by Crippen LogP contribution is 2.39. The minimum atomic E-state index is -0.228. The van der Waals surface area contributed by atoms with E-state index >= 15 is 0 Å². The molecule has 1 spiro atoms. The molecule has 1 amide bonds. The number of likely N-dealkylation sites (tertiary alicyclic amines) is 1. The Labute approximate surface area is 157 Å². The topological polar surface area (TPSA) is 56.6 Å². The van der Waals surface area contributed by atoms with Gasteiger partial charge in [0.05, 0.1) is 26.3 Å². The largest absolute Gasteiger partial charge is 0.377 e. The molecule has 1 atom stereocenters. The zero-order chi connectivity index (χ0) is 18.9. The molecule has 0 radical (unpaired) electrons. The first-order chi connectivity index (χ1) is 13.1. The molecule has 2 aliphatic rings. The van der Waals surface area contributed by atoms with E-state index in [4.69, 9.17) is 9.47 Å². The van der Waals surface area contributed by atoms with Crippen LogP contribution in [-0.4, -0.2) is 52.5 Å². The fourth-order valence-electron chi connectivity index (χ4n) is 3.93. The van der Waals surface area contributed by atoms with Crippen molar-refractivity contribution in [3.05, 3.63) is 53.6 Å². The average molecular weight is 373 g/mol. The number of carbonyl (C=O) groups is 1. The van der Waals surface area contributed by atoms with E-state index in [2.05, 4.69) is 5.10 Å². The number of rotatable bonds is 6. The molecular formula is C20H24FN3O3. The van der Waals surface area contributed by atoms with Crippen LogP contribution < -0.4 is 0 Å². The quantitative estimate of drug-likeness (QED) is 0.730. The van der Waals surface area contributed by atoms with Gasteiger partial charge < -0.3 is 14.4 Å². The molecule has 6 nitrogen and oxygen atoms in total. The average Bonchev–Trinajstić information content (AvgIpc) is 3.25. The first-order valence-electron chi connectivity index (χ1n) is 9.29. The molecule has 3 heterocycles. The molecule has 7 heteroatoms. The maximum Gasteiger partial charge on any atom is 0.272 e. The van der Waals surface area contributed by atoms with Gasteiger partial charge in [0.1, 0.15) is 17.1 Å². The predicted molar refractivity (Wildman–Crippen MR) is 96.6 cm³/mol. The van der Waals surface area contributed by atoms with Crippen molar-refractivity contribution in [3.8, 4) is 0 Å². The summed E-state index contributed by atoms with van der Waals surface area (Å²) in [6.45, 7) is 2.82. The zero-order valence-electron chi connectivity index (χ0n) is 15.4. The Kier molecular flexibility index (Phi) is 4.97. The molecule has 2 aromatic rings. The fraction of sp³-hybridized carbons (Fsp3) is 0.500. The maximum absolute atomic E-state index is 13.6. The van der Waals surface area contributed by atoms with E-state index in [1.165, 1.54) is 6.07 Å². The van der Waals surface area contributed by atoms with Gasteiger partial charge in [-0.05, 0) is 30.9 Å². The molecule has 0 aliphatic carbocycles. The summed E-state index contributed by atoms with van der Waals surface area (Å²) in [6, 6.07) is 8.41. The van der Waals surface area contributed by atoms with Gasteiger partial charge in [0.2, 0.25) is 0 Å². The third-order valence-corrected chi connectivity index (χ3v) is 5.46. The molecule has 1 unspecified atom stereocenters. The lowest BCUT2D eigenvalue weighted by atomic mass is 9.86. The van der Waals surface area contributed by atoms with E-state index in [1.807, 2.05) is 11.0 Å². The van der Waals surface area contributed by atoms with Crippen molar-refractivity contribution in [3.63, 3.8) is 0 Å². The molecule has 27 heavy (non-hydrogen) atoms. The molecular weight excluding hydrogens is 349 g/mol. The smallest absolute Gasteiger partial charge is 0.272 e. The number of ether oxygens (including phenoxy) is 2. The lowest BCUT2D eigenvalue weighted by Crippen LogP contribution is -2.63. The number of aromatic nitrogens is 2. The SMILES string of the molecule is Cn1nccc1C(=O)N1CC2(CC(CCOCc3ccccc3F)CO2)C1. The summed E-state index contributed by atoms with van der Waals surface area (Å²) in [5.41, 5.74) is 0.977.